The van der Waals surface area contributed by atoms with Gasteiger partial charge in [-0.3, -0.25) is 9.36 Å². The van der Waals surface area contributed by atoms with Gasteiger partial charge >= 0.3 is 5.76 Å². The van der Waals surface area contributed by atoms with Crippen molar-refractivity contribution < 1.29 is 22.4 Å². The first-order valence-electron chi connectivity index (χ1n) is 7.56. The molecule has 1 aromatic heterocycles. The zero-order valence-electron chi connectivity index (χ0n) is 13.2. The molecule has 24 heavy (non-hydrogen) atoms. The van der Waals surface area contributed by atoms with Gasteiger partial charge in [-0.25, -0.2) is 13.2 Å². The summed E-state index contributed by atoms with van der Waals surface area (Å²) in [5.74, 6) is -1.04. The van der Waals surface area contributed by atoms with E-state index in [9.17, 15) is 18.0 Å². The molecule has 1 aliphatic heterocycles. The van der Waals surface area contributed by atoms with E-state index in [1.54, 1.807) is 11.9 Å². The van der Waals surface area contributed by atoms with Crippen molar-refractivity contribution in [2.24, 2.45) is 7.05 Å². The van der Waals surface area contributed by atoms with Gasteiger partial charge in [0.25, 0.3) is 0 Å². The second-order valence-corrected chi connectivity index (χ2v) is 7.73. The van der Waals surface area contributed by atoms with Crippen molar-refractivity contribution in [1.82, 2.24) is 9.47 Å². The van der Waals surface area contributed by atoms with Crippen molar-refractivity contribution >= 4 is 26.8 Å². The third-order valence-electron chi connectivity index (χ3n) is 4.07. The fourth-order valence-electron chi connectivity index (χ4n) is 2.62. The fourth-order valence-corrected chi connectivity index (χ4v) is 3.86. The van der Waals surface area contributed by atoms with Crippen LogP contribution in [0.3, 0.4) is 0 Å². The number of ether oxygens (including phenoxy) is 1. The number of hydrogen-bond acceptors (Lipinski definition) is 6. The minimum Gasteiger partial charge on any atom is -0.408 e. The van der Waals surface area contributed by atoms with Crippen LogP contribution in [0.15, 0.2) is 32.3 Å². The van der Waals surface area contributed by atoms with Gasteiger partial charge in [0.15, 0.2) is 15.4 Å². The number of carbonyl (C=O) groups is 1. The molecule has 1 aliphatic rings. The molecule has 130 valence electrons. The van der Waals surface area contributed by atoms with Crippen molar-refractivity contribution in [2.75, 3.05) is 32.1 Å². The summed E-state index contributed by atoms with van der Waals surface area (Å²) >= 11 is 0. The maximum atomic E-state index is 12.4. The number of nitrogens with zero attached hydrogens (tertiary/aromatic N) is 2. The molecular formula is C15H18N2O6S. The van der Waals surface area contributed by atoms with Gasteiger partial charge in [0.1, 0.15) is 0 Å². The molecule has 0 spiro atoms. The van der Waals surface area contributed by atoms with Crippen molar-refractivity contribution in [1.29, 1.82) is 0 Å². The Morgan fingerprint density at radius 2 is 1.96 bits per heavy atom. The summed E-state index contributed by atoms with van der Waals surface area (Å²) in [6, 6.07) is 4.27. The number of oxazole rings is 1. The number of aromatic nitrogens is 1. The Morgan fingerprint density at radius 3 is 2.67 bits per heavy atom. The van der Waals surface area contributed by atoms with Gasteiger partial charge in [-0.15, -0.1) is 0 Å². The number of amides is 1. The lowest BCUT2D eigenvalue weighted by molar-refractivity contribution is -0.134. The minimum atomic E-state index is -3.64. The van der Waals surface area contributed by atoms with E-state index < -0.39 is 15.6 Å². The van der Waals surface area contributed by atoms with E-state index in [-0.39, 0.29) is 28.6 Å². The minimum absolute atomic E-state index is 0.0409. The average Bonchev–Trinajstić information content (AvgIpc) is 2.87. The largest absolute Gasteiger partial charge is 0.419 e. The molecule has 1 aromatic carbocycles. The number of sulfone groups is 1. The average molecular weight is 354 g/mol. The molecule has 9 heteroatoms. The SMILES string of the molecule is Cn1c(=O)oc2cc(S(=O)(=O)CCC(=O)N3CCOCC3)ccc21. The molecule has 1 saturated heterocycles. The second kappa shape index (κ2) is 6.40. The van der Waals surface area contributed by atoms with Crippen LogP contribution in [0.1, 0.15) is 6.42 Å². The highest BCUT2D eigenvalue weighted by molar-refractivity contribution is 7.91. The number of benzene rings is 1. The van der Waals surface area contributed by atoms with Crippen LogP contribution in [0.2, 0.25) is 0 Å². The van der Waals surface area contributed by atoms with Crippen molar-refractivity contribution in [2.45, 2.75) is 11.3 Å². The first-order valence-corrected chi connectivity index (χ1v) is 9.21. The van der Waals surface area contributed by atoms with Gasteiger partial charge < -0.3 is 14.1 Å². The molecular weight excluding hydrogens is 336 g/mol. The quantitative estimate of drug-likeness (QED) is 0.775. The summed E-state index contributed by atoms with van der Waals surface area (Å²) in [6.45, 7) is 1.92. The predicted octanol–water partition coefficient (Wildman–Crippen LogP) is 0.154. The summed E-state index contributed by atoms with van der Waals surface area (Å²) in [4.78, 5) is 25.2. The van der Waals surface area contributed by atoms with Gasteiger partial charge in [-0.2, -0.15) is 0 Å². The highest BCUT2D eigenvalue weighted by atomic mass is 32.2. The molecule has 1 fully saturated rings. The lowest BCUT2D eigenvalue weighted by atomic mass is 10.3. The second-order valence-electron chi connectivity index (χ2n) is 5.62. The van der Waals surface area contributed by atoms with E-state index in [4.69, 9.17) is 9.15 Å². The van der Waals surface area contributed by atoms with Crippen LogP contribution in [0.4, 0.5) is 0 Å². The van der Waals surface area contributed by atoms with Gasteiger partial charge in [0, 0.05) is 32.6 Å². The third-order valence-corrected chi connectivity index (χ3v) is 5.79. The fraction of sp³-hybridized carbons (Fsp3) is 0.467. The van der Waals surface area contributed by atoms with E-state index in [1.807, 2.05) is 0 Å². The van der Waals surface area contributed by atoms with Crippen LogP contribution < -0.4 is 5.76 Å². The number of aryl methyl sites for hydroxylation is 1. The summed E-state index contributed by atoms with van der Waals surface area (Å²) in [6.07, 6.45) is -0.0842. The maximum absolute atomic E-state index is 12.4. The summed E-state index contributed by atoms with van der Waals surface area (Å²) < 4.78 is 36.3. The molecule has 8 nitrogen and oxygen atoms in total. The van der Waals surface area contributed by atoms with Gasteiger partial charge in [0.2, 0.25) is 5.91 Å². The van der Waals surface area contributed by atoms with Crippen LogP contribution in [0, 0.1) is 0 Å². The molecule has 1 amide bonds. The summed E-state index contributed by atoms with van der Waals surface area (Å²) in [7, 11) is -2.09. The molecule has 0 bridgehead atoms. The zero-order chi connectivity index (χ0) is 17.3. The van der Waals surface area contributed by atoms with Crippen molar-refractivity contribution in [3.05, 3.63) is 28.7 Å². The van der Waals surface area contributed by atoms with Gasteiger partial charge in [-0.1, -0.05) is 0 Å². The van der Waals surface area contributed by atoms with E-state index in [0.29, 0.717) is 31.8 Å². The molecule has 0 aliphatic carbocycles. The molecule has 0 saturated carbocycles. The Morgan fingerprint density at radius 1 is 1.25 bits per heavy atom. The van der Waals surface area contributed by atoms with Crippen molar-refractivity contribution in [3.63, 3.8) is 0 Å². The molecule has 3 rings (SSSR count). The van der Waals surface area contributed by atoms with Gasteiger partial charge in [-0.05, 0) is 12.1 Å². The molecule has 0 N–H and O–H groups in total. The van der Waals surface area contributed by atoms with E-state index in [0.717, 1.165) is 0 Å². The van der Waals surface area contributed by atoms with E-state index in [2.05, 4.69) is 0 Å². The standard InChI is InChI=1S/C15H18N2O6S/c1-16-12-3-2-11(10-13(12)23-15(16)19)24(20,21)9-4-14(18)17-5-7-22-8-6-17/h2-3,10H,4-9H2,1H3. The first kappa shape index (κ1) is 16.7. The Balaban J connectivity index is 1.75. The lowest BCUT2D eigenvalue weighted by Gasteiger charge is -2.26. The number of morpholine rings is 1. The van der Waals surface area contributed by atoms with Crippen LogP contribution in [-0.4, -0.2) is 55.8 Å². The van der Waals surface area contributed by atoms with Crippen LogP contribution >= 0.6 is 0 Å². The highest BCUT2D eigenvalue weighted by Crippen LogP contribution is 2.19. The zero-order valence-corrected chi connectivity index (χ0v) is 14.0. The molecule has 0 unspecified atom stereocenters. The maximum Gasteiger partial charge on any atom is 0.419 e. The van der Waals surface area contributed by atoms with Crippen LogP contribution in [-0.2, 0) is 26.4 Å². The number of hydrogen-bond donors (Lipinski definition) is 0. The third kappa shape index (κ3) is 3.22. The number of rotatable bonds is 4. The molecule has 0 radical (unpaired) electrons. The molecule has 2 aromatic rings. The van der Waals surface area contributed by atoms with Crippen molar-refractivity contribution in [3.8, 4) is 0 Å². The monoisotopic (exact) mass is 354 g/mol. The summed E-state index contributed by atoms with van der Waals surface area (Å²) in [5.41, 5.74) is 0.728. The van der Waals surface area contributed by atoms with E-state index >= 15 is 0 Å². The Kier molecular flexibility index (Phi) is 4.46. The topological polar surface area (TPSA) is 98.8 Å². The highest BCUT2D eigenvalue weighted by Gasteiger charge is 2.22. The molecule has 2 heterocycles. The number of carbonyl (C=O) groups excluding carboxylic acids is 1. The summed E-state index contributed by atoms with van der Waals surface area (Å²) in [5, 5.41) is 0. The van der Waals surface area contributed by atoms with E-state index in [1.165, 1.54) is 22.8 Å². The number of fused-ring (bicyclic) bond motifs is 1. The van der Waals surface area contributed by atoms with Crippen LogP contribution in [0.25, 0.3) is 11.1 Å². The van der Waals surface area contributed by atoms with Gasteiger partial charge in [0.05, 0.1) is 29.4 Å². The Hall–Kier alpha value is -2.13. The lowest BCUT2D eigenvalue weighted by Crippen LogP contribution is -2.41. The van der Waals surface area contributed by atoms with Crippen LogP contribution in [0.5, 0.6) is 0 Å². The Labute approximate surface area is 138 Å². The first-order chi connectivity index (χ1) is 11.4. The molecule has 0 atom stereocenters. The normalized spacial score (nSPS) is 15.8. The Bertz CT molecular complexity index is 921. The predicted molar refractivity (Wildman–Crippen MR) is 85.5 cm³/mol. The smallest absolute Gasteiger partial charge is 0.408 e.